The fourth-order valence-electron chi connectivity index (χ4n) is 2.16. The second-order valence-corrected chi connectivity index (χ2v) is 7.77. The molecule has 5 heteroatoms. The van der Waals surface area contributed by atoms with Crippen molar-refractivity contribution < 1.29 is 4.74 Å². The number of halogens is 3. The third-order valence-corrected chi connectivity index (χ3v) is 4.62. The molecule has 0 aliphatic heterocycles. The predicted octanol–water partition coefficient (Wildman–Crippen LogP) is 5.92. The Morgan fingerprint density at radius 3 is 1.76 bits per heavy atom. The Kier molecular flexibility index (Phi) is 5.73. The molecule has 21 heavy (non-hydrogen) atoms. The number of alkyl halides is 3. The number of methoxy groups -OCH3 is 1. The first-order chi connectivity index (χ1) is 9.95. The fraction of sp³-hybridized carbons (Fsp3) is 0.250. The highest BCUT2D eigenvalue weighted by Gasteiger charge is 2.35. The van der Waals surface area contributed by atoms with E-state index < -0.39 is 3.79 Å². The van der Waals surface area contributed by atoms with Gasteiger partial charge in [-0.1, -0.05) is 59.1 Å². The van der Waals surface area contributed by atoms with Crippen LogP contribution in [-0.4, -0.2) is 17.2 Å². The van der Waals surface area contributed by atoms with Crippen LogP contribution in [0.2, 0.25) is 0 Å². The van der Waals surface area contributed by atoms with Crippen molar-refractivity contribution in [1.82, 2.24) is 0 Å². The van der Waals surface area contributed by atoms with E-state index in [4.69, 9.17) is 39.5 Å². The molecule has 0 spiro atoms. The van der Waals surface area contributed by atoms with Crippen molar-refractivity contribution in [3.8, 4) is 5.75 Å². The minimum absolute atomic E-state index is 0.329. The van der Waals surface area contributed by atoms with Crippen LogP contribution in [0.1, 0.15) is 17.0 Å². The van der Waals surface area contributed by atoms with Gasteiger partial charge in [0.1, 0.15) is 5.75 Å². The van der Waals surface area contributed by atoms with E-state index in [0.29, 0.717) is 0 Å². The van der Waals surface area contributed by atoms with Crippen LogP contribution < -0.4 is 4.74 Å². The molecule has 0 bridgehead atoms. The lowest BCUT2D eigenvalue weighted by Gasteiger charge is -2.25. The Labute approximate surface area is 144 Å². The lowest BCUT2D eigenvalue weighted by atomic mass is 9.92. The molecule has 2 aromatic carbocycles. The van der Waals surface area contributed by atoms with Crippen molar-refractivity contribution >= 4 is 46.6 Å². The highest BCUT2D eigenvalue weighted by molar-refractivity contribution is 7.98. The molecule has 0 N–H and O–H groups in total. The van der Waals surface area contributed by atoms with Gasteiger partial charge >= 0.3 is 0 Å². The first kappa shape index (κ1) is 16.8. The average molecular weight is 362 g/mol. The third-order valence-electron chi connectivity index (χ3n) is 3.23. The summed E-state index contributed by atoms with van der Waals surface area (Å²) in [5, 5.41) is 0. The molecule has 1 unspecified atom stereocenters. The van der Waals surface area contributed by atoms with E-state index in [9.17, 15) is 0 Å². The van der Waals surface area contributed by atoms with Crippen molar-refractivity contribution in [1.29, 1.82) is 0 Å². The lowest BCUT2D eigenvalue weighted by Crippen LogP contribution is -2.18. The Morgan fingerprint density at radius 2 is 1.38 bits per heavy atom. The van der Waals surface area contributed by atoms with Gasteiger partial charge in [-0.2, -0.15) is 0 Å². The number of ether oxygens (including phenoxy) is 1. The number of thioether (sulfide) groups is 1. The smallest absolute Gasteiger partial charge is 0.201 e. The number of hydrogen-bond donors (Lipinski definition) is 0. The fourth-order valence-corrected chi connectivity index (χ4v) is 3.33. The SMILES string of the molecule is COc1ccc(C(c2ccc(SC)cc2)C(Cl)(Cl)Cl)cc1. The second kappa shape index (κ2) is 7.15. The summed E-state index contributed by atoms with van der Waals surface area (Å²) >= 11 is 20.3. The highest BCUT2D eigenvalue weighted by Crippen LogP contribution is 2.46. The van der Waals surface area contributed by atoms with Gasteiger partial charge in [-0.05, 0) is 41.6 Å². The summed E-state index contributed by atoms with van der Waals surface area (Å²) in [5.74, 6) is 0.448. The second-order valence-electron chi connectivity index (χ2n) is 4.52. The number of rotatable bonds is 4. The average Bonchev–Trinajstić information content (AvgIpc) is 2.47. The zero-order chi connectivity index (χ0) is 15.5. The summed E-state index contributed by atoms with van der Waals surface area (Å²) in [4.78, 5) is 1.18. The molecule has 0 saturated carbocycles. The summed E-state index contributed by atoms with van der Waals surface area (Å²) in [6.07, 6.45) is 2.03. The summed E-state index contributed by atoms with van der Waals surface area (Å²) in [6, 6.07) is 15.7. The van der Waals surface area contributed by atoms with Gasteiger partial charge in [0.25, 0.3) is 0 Å². The van der Waals surface area contributed by atoms with Crippen molar-refractivity contribution in [3.05, 3.63) is 59.7 Å². The van der Waals surface area contributed by atoms with Gasteiger partial charge in [0.15, 0.2) is 0 Å². The van der Waals surface area contributed by atoms with E-state index >= 15 is 0 Å². The van der Waals surface area contributed by atoms with Gasteiger partial charge in [-0.3, -0.25) is 0 Å². The molecule has 112 valence electrons. The van der Waals surface area contributed by atoms with Crippen molar-refractivity contribution in [3.63, 3.8) is 0 Å². The molecule has 0 heterocycles. The topological polar surface area (TPSA) is 9.23 Å². The van der Waals surface area contributed by atoms with E-state index in [1.807, 2.05) is 54.8 Å². The summed E-state index contributed by atoms with van der Waals surface area (Å²) in [7, 11) is 1.63. The van der Waals surface area contributed by atoms with Gasteiger partial charge in [0.2, 0.25) is 3.79 Å². The molecule has 0 fully saturated rings. The molecule has 0 radical (unpaired) electrons. The van der Waals surface area contributed by atoms with E-state index in [1.54, 1.807) is 18.9 Å². The molecule has 0 aliphatic carbocycles. The van der Waals surface area contributed by atoms with Crippen LogP contribution in [0, 0.1) is 0 Å². The first-order valence-electron chi connectivity index (χ1n) is 6.30. The van der Waals surface area contributed by atoms with E-state index in [1.165, 1.54) is 4.90 Å². The lowest BCUT2D eigenvalue weighted by molar-refractivity contribution is 0.414. The molecule has 2 rings (SSSR count). The molecule has 1 atom stereocenters. The molecular weight excluding hydrogens is 347 g/mol. The molecule has 1 nitrogen and oxygen atoms in total. The molecule has 0 aliphatic rings. The monoisotopic (exact) mass is 360 g/mol. The summed E-state index contributed by atoms with van der Waals surface area (Å²) in [6.45, 7) is 0. The highest BCUT2D eigenvalue weighted by atomic mass is 35.6. The Bertz CT molecular complexity index is 528. The van der Waals surface area contributed by atoms with Gasteiger partial charge in [-0.15, -0.1) is 11.8 Å². The van der Waals surface area contributed by atoms with Crippen LogP contribution in [0.5, 0.6) is 5.75 Å². The maximum Gasteiger partial charge on any atom is 0.201 e. The van der Waals surface area contributed by atoms with Gasteiger partial charge in [0.05, 0.1) is 13.0 Å². The van der Waals surface area contributed by atoms with Crippen LogP contribution in [0.4, 0.5) is 0 Å². The molecule has 0 aromatic heterocycles. The van der Waals surface area contributed by atoms with Crippen molar-refractivity contribution in [2.45, 2.75) is 14.6 Å². The zero-order valence-corrected chi connectivity index (χ0v) is 14.7. The van der Waals surface area contributed by atoms with Crippen molar-refractivity contribution in [2.75, 3.05) is 13.4 Å². The number of benzene rings is 2. The predicted molar refractivity (Wildman–Crippen MR) is 93.4 cm³/mol. The summed E-state index contributed by atoms with van der Waals surface area (Å²) in [5.41, 5.74) is 1.91. The third kappa shape index (κ3) is 4.23. The van der Waals surface area contributed by atoms with Gasteiger partial charge in [-0.25, -0.2) is 0 Å². The normalized spacial score (nSPS) is 13.0. The van der Waals surface area contributed by atoms with Gasteiger partial charge < -0.3 is 4.74 Å². The van der Waals surface area contributed by atoms with E-state index in [0.717, 1.165) is 16.9 Å². The zero-order valence-electron chi connectivity index (χ0n) is 11.6. The maximum atomic E-state index is 6.21. The number of hydrogen-bond acceptors (Lipinski definition) is 2. The minimum Gasteiger partial charge on any atom is -0.497 e. The molecule has 2 aromatic rings. The van der Waals surface area contributed by atoms with Crippen LogP contribution in [0.25, 0.3) is 0 Å². The Hall–Kier alpha value is -0.540. The van der Waals surface area contributed by atoms with E-state index in [-0.39, 0.29) is 5.92 Å². The maximum absolute atomic E-state index is 6.21. The molecule has 0 saturated heterocycles. The largest absolute Gasteiger partial charge is 0.497 e. The quantitative estimate of drug-likeness (QED) is 0.494. The van der Waals surface area contributed by atoms with Gasteiger partial charge in [0, 0.05) is 4.90 Å². The Balaban J connectivity index is 2.41. The Morgan fingerprint density at radius 1 is 0.905 bits per heavy atom. The first-order valence-corrected chi connectivity index (χ1v) is 8.66. The molecule has 0 amide bonds. The standard InChI is InChI=1S/C16H15Cl3OS/c1-20-13-7-3-11(4-8-13)15(16(17,18)19)12-5-9-14(21-2)10-6-12/h3-10,15H,1-2H3. The van der Waals surface area contributed by atoms with Crippen molar-refractivity contribution in [2.24, 2.45) is 0 Å². The van der Waals surface area contributed by atoms with Crippen LogP contribution in [-0.2, 0) is 0 Å². The minimum atomic E-state index is -1.42. The molecular formula is C16H15Cl3OS. The van der Waals surface area contributed by atoms with Crippen LogP contribution in [0.3, 0.4) is 0 Å². The van der Waals surface area contributed by atoms with Crippen LogP contribution >= 0.6 is 46.6 Å². The van der Waals surface area contributed by atoms with E-state index in [2.05, 4.69) is 0 Å². The summed E-state index contributed by atoms with van der Waals surface area (Å²) < 4.78 is 3.75. The van der Waals surface area contributed by atoms with Crippen LogP contribution in [0.15, 0.2) is 53.4 Å².